The highest BCUT2D eigenvalue weighted by Crippen LogP contribution is 2.45. The number of aromatic nitrogens is 1. The summed E-state index contributed by atoms with van der Waals surface area (Å²) >= 11 is 3.19. The van der Waals surface area contributed by atoms with Gasteiger partial charge in [0.2, 0.25) is 5.91 Å². The van der Waals surface area contributed by atoms with E-state index in [1.807, 2.05) is 65.6 Å². The Kier molecular flexibility index (Phi) is 5.16. The Morgan fingerprint density at radius 1 is 0.971 bits per heavy atom. The van der Waals surface area contributed by atoms with Crippen molar-refractivity contribution >= 4 is 60.5 Å². The number of anilines is 1. The molecule has 1 N–H and O–H groups in total. The average molecular weight is 484 g/mol. The van der Waals surface area contributed by atoms with E-state index in [-0.39, 0.29) is 11.8 Å². The van der Waals surface area contributed by atoms with Crippen LogP contribution in [0, 0.1) is 0 Å². The first kappa shape index (κ1) is 21.0. The Morgan fingerprint density at radius 3 is 2.59 bits per heavy atom. The van der Waals surface area contributed by atoms with Gasteiger partial charge in [-0.05, 0) is 47.0 Å². The molecule has 0 saturated heterocycles. The minimum atomic E-state index is -0.143. The lowest BCUT2D eigenvalue weighted by molar-refractivity contribution is -0.129. The van der Waals surface area contributed by atoms with Crippen LogP contribution in [0.3, 0.4) is 0 Å². The molecule has 0 saturated carbocycles. The van der Waals surface area contributed by atoms with Gasteiger partial charge in [-0.15, -0.1) is 22.7 Å². The molecule has 1 aliphatic heterocycles. The molecule has 5 nitrogen and oxygen atoms in total. The molecule has 1 aliphatic rings. The molecule has 0 aliphatic carbocycles. The van der Waals surface area contributed by atoms with E-state index in [0.717, 1.165) is 47.9 Å². The summed E-state index contributed by atoms with van der Waals surface area (Å²) < 4.78 is 1.12. The van der Waals surface area contributed by atoms with Crippen molar-refractivity contribution in [3.63, 3.8) is 0 Å². The Labute approximate surface area is 204 Å². The van der Waals surface area contributed by atoms with Gasteiger partial charge >= 0.3 is 0 Å². The smallest absolute Gasteiger partial charge is 0.256 e. The van der Waals surface area contributed by atoms with E-state index >= 15 is 0 Å². The van der Waals surface area contributed by atoms with Crippen LogP contribution in [-0.4, -0.2) is 28.2 Å². The molecular formula is C27H21N3O2S2. The number of thiophene rings is 1. The molecule has 5 aromatic rings. The lowest BCUT2D eigenvalue weighted by Crippen LogP contribution is -2.33. The summed E-state index contributed by atoms with van der Waals surface area (Å²) in [6.45, 7) is 2.85. The topological polar surface area (TPSA) is 62.3 Å². The first-order valence-electron chi connectivity index (χ1n) is 11.1. The molecule has 3 aromatic carbocycles. The summed E-state index contributed by atoms with van der Waals surface area (Å²) in [6, 6.07) is 21.9. The third-order valence-electron chi connectivity index (χ3n) is 6.25. The van der Waals surface area contributed by atoms with Crippen LogP contribution < -0.4 is 5.32 Å². The van der Waals surface area contributed by atoms with Gasteiger partial charge in [-0.3, -0.25) is 9.59 Å². The number of rotatable bonds is 3. The molecule has 2 aromatic heterocycles. The highest BCUT2D eigenvalue weighted by Gasteiger charge is 2.28. The summed E-state index contributed by atoms with van der Waals surface area (Å²) in [5.74, 6) is -0.0718. The second-order valence-electron chi connectivity index (χ2n) is 8.40. The number of nitrogens with one attached hydrogen (secondary N) is 1. The number of para-hydroxylation sites is 1. The van der Waals surface area contributed by atoms with Crippen LogP contribution >= 0.6 is 22.7 Å². The fraction of sp³-hybridized carbons (Fsp3) is 0.148. The molecule has 7 heteroatoms. The van der Waals surface area contributed by atoms with E-state index in [2.05, 4.69) is 11.4 Å². The molecule has 2 amide bonds. The molecule has 6 rings (SSSR count). The average Bonchev–Trinajstić information content (AvgIpc) is 3.43. The van der Waals surface area contributed by atoms with Crippen molar-refractivity contribution in [3.05, 3.63) is 82.7 Å². The maximum absolute atomic E-state index is 13.3. The van der Waals surface area contributed by atoms with Gasteiger partial charge in [-0.1, -0.05) is 42.5 Å². The minimum Gasteiger partial charge on any atom is -0.337 e. The summed E-state index contributed by atoms with van der Waals surface area (Å²) in [4.78, 5) is 33.2. The van der Waals surface area contributed by atoms with Gasteiger partial charge in [0.1, 0.15) is 10.0 Å². The summed E-state index contributed by atoms with van der Waals surface area (Å²) in [5, 5.41) is 7.02. The van der Waals surface area contributed by atoms with Gasteiger partial charge < -0.3 is 10.2 Å². The summed E-state index contributed by atoms with van der Waals surface area (Å²) in [5.41, 5.74) is 3.76. The van der Waals surface area contributed by atoms with E-state index in [1.165, 1.54) is 5.56 Å². The van der Waals surface area contributed by atoms with E-state index in [4.69, 9.17) is 4.98 Å². The predicted octanol–water partition coefficient (Wildman–Crippen LogP) is 6.33. The van der Waals surface area contributed by atoms with Crippen molar-refractivity contribution in [2.75, 3.05) is 11.9 Å². The van der Waals surface area contributed by atoms with Crippen LogP contribution in [0.5, 0.6) is 0 Å². The molecule has 0 bridgehead atoms. The third kappa shape index (κ3) is 3.67. The van der Waals surface area contributed by atoms with Crippen molar-refractivity contribution in [2.45, 2.75) is 19.9 Å². The van der Waals surface area contributed by atoms with Crippen LogP contribution in [0.4, 0.5) is 5.00 Å². The Morgan fingerprint density at radius 2 is 1.76 bits per heavy atom. The molecular weight excluding hydrogens is 462 g/mol. The molecule has 0 radical (unpaired) electrons. The lowest BCUT2D eigenvalue weighted by Gasteiger charge is -2.26. The van der Waals surface area contributed by atoms with Crippen LogP contribution in [0.1, 0.15) is 27.7 Å². The maximum atomic E-state index is 13.3. The quantitative estimate of drug-likeness (QED) is 0.326. The normalized spacial score (nSPS) is 13.3. The lowest BCUT2D eigenvalue weighted by atomic mass is 10.0. The largest absolute Gasteiger partial charge is 0.337 e. The Bertz CT molecular complexity index is 1550. The van der Waals surface area contributed by atoms with Crippen LogP contribution in [0.2, 0.25) is 0 Å². The van der Waals surface area contributed by atoms with E-state index in [9.17, 15) is 9.59 Å². The van der Waals surface area contributed by atoms with Crippen LogP contribution in [0.15, 0.2) is 66.7 Å². The standard InChI is InChI=1S/C27H21N3O2S2/c1-16(31)30-13-12-20-23(15-30)34-27(24(20)26-28-21-8-4-5-9-22(21)33-26)29-25(32)19-11-10-17-6-2-3-7-18(17)14-19/h2-11,14H,12-13,15H2,1H3,(H,29,32). The number of fused-ring (bicyclic) bond motifs is 3. The van der Waals surface area contributed by atoms with Gasteiger partial charge in [0.15, 0.2) is 0 Å². The number of amides is 2. The summed E-state index contributed by atoms with van der Waals surface area (Å²) in [6.07, 6.45) is 0.752. The molecule has 0 unspecified atom stereocenters. The zero-order valence-electron chi connectivity index (χ0n) is 18.5. The zero-order valence-corrected chi connectivity index (χ0v) is 20.1. The van der Waals surface area contributed by atoms with Crippen molar-refractivity contribution in [3.8, 4) is 10.6 Å². The van der Waals surface area contributed by atoms with Gasteiger partial charge in [-0.2, -0.15) is 0 Å². The Hall–Kier alpha value is -3.55. The number of nitrogens with zero attached hydrogens (tertiary/aromatic N) is 2. The van der Waals surface area contributed by atoms with Crippen molar-refractivity contribution in [2.24, 2.45) is 0 Å². The fourth-order valence-electron chi connectivity index (χ4n) is 4.47. The second-order valence-corrected chi connectivity index (χ2v) is 10.5. The second kappa shape index (κ2) is 8.34. The number of hydrogen-bond donors (Lipinski definition) is 1. The van der Waals surface area contributed by atoms with Crippen molar-refractivity contribution < 1.29 is 9.59 Å². The molecule has 168 valence electrons. The number of thiazole rings is 1. The fourth-order valence-corrected chi connectivity index (χ4v) is 6.84. The van der Waals surface area contributed by atoms with Gasteiger partial charge in [0, 0.05) is 29.5 Å². The third-order valence-corrected chi connectivity index (χ3v) is 8.43. The summed E-state index contributed by atoms with van der Waals surface area (Å²) in [7, 11) is 0. The maximum Gasteiger partial charge on any atom is 0.256 e. The van der Waals surface area contributed by atoms with Crippen LogP contribution in [-0.2, 0) is 17.8 Å². The SMILES string of the molecule is CC(=O)N1CCc2c(sc(NC(=O)c3ccc4ccccc4c3)c2-c2nc3ccccc3s2)C1. The number of hydrogen-bond acceptors (Lipinski definition) is 5. The van der Waals surface area contributed by atoms with Gasteiger partial charge in [-0.25, -0.2) is 4.98 Å². The van der Waals surface area contributed by atoms with Gasteiger partial charge in [0.25, 0.3) is 5.91 Å². The molecule has 3 heterocycles. The highest BCUT2D eigenvalue weighted by molar-refractivity contribution is 7.23. The van der Waals surface area contributed by atoms with E-state index in [0.29, 0.717) is 18.7 Å². The monoisotopic (exact) mass is 483 g/mol. The highest BCUT2D eigenvalue weighted by atomic mass is 32.1. The number of carbonyl (C=O) groups excluding carboxylic acids is 2. The van der Waals surface area contributed by atoms with E-state index < -0.39 is 0 Å². The van der Waals surface area contributed by atoms with Crippen LogP contribution in [0.25, 0.3) is 31.6 Å². The first-order valence-corrected chi connectivity index (χ1v) is 12.8. The minimum absolute atomic E-state index is 0.0716. The van der Waals surface area contributed by atoms with Crippen molar-refractivity contribution in [1.29, 1.82) is 0 Å². The molecule has 34 heavy (non-hydrogen) atoms. The Balaban J connectivity index is 1.42. The number of benzene rings is 3. The predicted molar refractivity (Wildman–Crippen MR) is 140 cm³/mol. The number of carbonyl (C=O) groups is 2. The van der Waals surface area contributed by atoms with E-state index in [1.54, 1.807) is 29.6 Å². The molecule has 0 spiro atoms. The van der Waals surface area contributed by atoms with Crippen molar-refractivity contribution in [1.82, 2.24) is 9.88 Å². The zero-order chi connectivity index (χ0) is 23.2. The molecule has 0 fully saturated rings. The first-order chi connectivity index (χ1) is 16.6. The molecule has 0 atom stereocenters. The van der Waals surface area contributed by atoms with Gasteiger partial charge in [0.05, 0.1) is 16.8 Å².